The van der Waals surface area contributed by atoms with Gasteiger partial charge in [-0.3, -0.25) is 0 Å². The third-order valence-corrected chi connectivity index (χ3v) is 2.43. The molecule has 0 radical (unpaired) electrons. The first-order valence-electron chi connectivity index (χ1n) is 5.65. The van der Waals surface area contributed by atoms with Gasteiger partial charge < -0.3 is 15.2 Å². The minimum absolute atomic E-state index is 0.115. The fraction of sp³-hybridized carbons (Fsp3) is 0.538. The second kappa shape index (κ2) is 5.87. The number of para-hydroxylation sites is 1. The Labute approximate surface area is 97.4 Å². The number of hydrogen-bond donors (Lipinski definition) is 2. The third kappa shape index (κ3) is 3.83. The van der Waals surface area contributed by atoms with E-state index in [1.54, 1.807) is 0 Å². The first kappa shape index (κ1) is 13.0. The molecule has 0 aromatic heterocycles. The van der Waals surface area contributed by atoms with E-state index in [0.29, 0.717) is 13.2 Å². The van der Waals surface area contributed by atoms with Crippen LogP contribution in [0.3, 0.4) is 0 Å². The van der Waals surface area contributed by atoms with Gasteiger partial charge in [0.15, 0.2) is 0 Å². The van der Waals surface area contributed by atoms with Crippen LogP contribution in [0.4, 0.5) is 0 Å². The molecule has 1 rings (SSSR count). The predicted molar refractivity (Wildman–Crippen MR) is 65.6 cm³/mol. The summed E-state index contributed by atoms with van der Waals surface area (Å²) in [5.74, 6) is 0.909. The van der Waals surface area contributed by atoms with Gasteiger partial charge in [0.05, 0.1) is 13.2 Å². The standard InChI is InChI=1S/C13H21NO2/c1-4-16-12-8-6-5-7-11(12)9-14-13(2,3)10-15/h5-8,14-15H,4,9-10H2,1-3H3. The van der Waals surface area contributed by atoms with Gasteiger partial charge in [-0.05, 0) is 26.8 Å². The summed E-state index contributed by atoms with van der Waals surface area (Å²) in [6, 6.07) is 7.95. The zero-order valence-corrected chi connectivity index (χ0v) is 10.3. The summed E-state index contributed by atoms with van der Waals surface area (Å²) in [6.45, 7) is 7.39. The second-order valence-corrected chi connectivity index (χ2v) is 4.44. The van der Waals surface area contributed by atoms with E-state index < -0.39 is 0 Å². The molecule has 0 aliphatic rings. The Balaban J connectivity index is 2.66. The van der Waals surface area contributed by atoms with Gasteiger partial charge in [-0.1, -0.05) is 18.2 Å². The molecule has 0 fully saturated rings. The van der Waals surface area contributed by atoms with Crippen molar-refractivity contribution in [2.75, 3.05) is 13.2 Å². The van der Waals surface area contributed by atoms with Gasteiger partial charge in [0.25, 0.3) is 0 Å². The maximum Gasteiger partial charge on any atom is 0.123 e. The van der Waals surface area contributed by atoms with Gasteiger partial charge >= 0.3 is 0 Å². The lowest BCUT2D eigenvalue weighted by atomic mass is 10.1. The van der Waals surface area contributed by atoms with Crippen molar-refractivity contribution < 1.29 is 9.84 Å². The lowest BCUT2D eigenvalue weighted by Gasteiger charge is -2.24. The molecular formula is C13H21NO2. The molecule has 90 valence electrons. The van der Waals surface area contributed by atoms with E-state index in [1.807, 2.05) is 45.0 Å². The van der Waals surface area contributed by atoms with Crippen LogP contribution in [0.15, 0.2) is 24.3 Å². The number of ether oxygens (including phenoxy) is 1. The molecule has 0 amide bonds. The van der Waals surface area contributed by atoms with Crippen LogP contribution in [0.2, 0.25) is 0 Å². The molecular weight excluding hydrogens is 202 g/mol. The zero-order chi connectivity index (χ0) is 12.0. The third-order valence-electron chi connectivity index (χ3n) is 2.43. The number of aliphatic hydroxyl groups is 1. The van der Waals surface area contributed by atoms with Crippen molar-refractivity contribution in [1.29, 1.82) is 0 Å². The fourth-order valence-electron chi connectivity index (χ4n) is 1.34. The topological polar surface area (TPSA) is 41.5 Å². The van der Waals surface area contributed by atoms with E-state index in [0.717, 1.165) is 11.3 Å². The van der Waals surface area contributed by atoms with Crippen molar-refractivity contribution in [2.45, 2.75) is 32.9 Å². The Kier molecular flexibility index (Phi) is 4.77. The largest absolute Gasteiger partial charge is 0.494 e. The van der Waals surface area contributed by atoms with Gasteiger partial charge in [-0.2, -0.15) is 0 Å². The normalized spacial score (nSPS) is 11.5. The van der Waals surface area contributed by atoms with Crippen LogP contribution >= 0.6 is 0 Å². The van der Waals surface area contributed by atoms with Gasteiger partial charge in [-0.25, -0.2) is 0 Å². The molecule has 3 nitrogen and oxygen atoms in total. The van der Waals surface area contributed by atoms with E-state index in [4.69, 9.17) is 9.84 Å². The van der Waals surface area contributed by atoms with Crippen LogP contribution in [0.5, 0.6) is 5.75 Å². The maximum absolute atomic E-state index is 9.15. The SMILES string of the molecule is CCOc1ccccc1CNC(C)(C)CO. The number of rotatable bonds is 6. The summed E-state index contributed by atoms with van der Waals surface area (Å²) < 4.78 is 5.53. The van der Waals surface area contributed by atoms with Crippen LogP contribution in [-0.4, -0.2) is 23.9 Å². The molecule has 0 heterocycles. The van der Waals surface area contributed by atoms with Crippen LogP contribution in [0.25, 0.3) is 0 Å². The fourth-order valence-corrected chi connectivity index (χ4v) is 1.34. The molecule has 0 bridgehead atoms. The Morgan fingerprint density at radius 2 is 2.00 bits per heavy atom. The highest BCUT2D eigenvalue weighted by molar-refractivity contribution is 5.33. The van der Waals surface area contributed by atoms with Crippen LogP contribution in [0, 0.1) is 0 Å². The molecule has 0 spiro atoms. The van der Waals surface area contributed by atoms with Crippen molar-refractivity contribution >= 4 is 0 Å². The predicted octanol–water partition coefficient (Wildman–Crippen LogP) is 1.95. The number of hydrogen-bond acceptors (Lipinski definition) is 3. The van der Waals surface area contributed by atoms with Crippen molar-refractivity contribution in [3.05, 3.63) is 29.8 Å². The van der Waals surface area contributed by atoms with Crippen molar-refractivity contribution in [1.82, 2.24) is 5.32 Å². The average molecular weight is 223 g/mol. The molecule has 1 aromatic carbocycles. The van der Waals surface area contributed by atoms with Gasteiger partial charge in [-0.15, -0.1) is 0 Å². The highest BCUT2D eigenvalue weighted by Gasteiger charge is 2.15. The highest BCUT2D eigenvalue weighted by atomic mass is 16.5. The van der Waals surface area contributed by atoms with Crippen molar-refractivity contribution in [2.24, 2.45) is 0 Å². The Morgan fingerprint density at radius 3 is 2.62 bits per heavy atom. The molecule has 0 aliphatic carbocycles. The summed E-state index contributed by atoms with van der Waals surface area (Å²) in [4.78, 5) is 0. The minimum atomic E-state index is -0.265. The molecule has 2 N–H and O–H groups in total. The van der Waals surface area contributed by atoms with Gasteiger partial charge in [0.1, 0.15) is 5.75 Å². The molecule has 0 saturated carbocycles. The minimum Gasteiger partial charge on any atom is -0.494 e. The van der Waals surface area contributed by atoms with Gasteiger partial charge in [0, 0.05) is 17.6 Å². The molecule has 16 heavy (non-hydrogen) atoms. The molecule has 1 aromatic rings. The number of nitrogens with one attached hydrogen (secondary N) is 1. The molecule has 0 unspecified atom stereocenters. The monoisotopic (exact) mass is 223 g/mol. The quantitative estimate of drug-likeness (QED) is 0.774. The molecule has 0 aliphatic heterocycles. The average Bonchev–Trinajstić information content (AvgIpc) is 2.28. The lowest BCUT2D eigenvalue weighted by Crippen LogP contribution is -2.42. The first-order chi connectivity index (χ1) is 7.59. The lowest BCUT2D eigenvalue weighted by molar-refractivity contribution is 0.187. The van der Waals surface area contributed by atoms with E-state index >= 15 is 0 Å². The summed E-state index contributed by atoms with van der Waals surface area (Å²) in [5, 5.41) is 12.4. The summed E-state index contributed by atoms with van der Waals surface area (Å²) >= 11 is 0. The second-order valence-electron chi connectivity index (χ2n) is 4.44. The zero-order valence-electron chi connectivity index (χ0n) is 10.3. The smallest absolute Gasteiger partial charge is 0.123 e. The maximum atomic E-state index is 9.15. The molecule has 3 heteroatoms. The van der Waals surface area contributed by atoms with Crippen LogP contribution < -0.4 is 10.1 Å². The number of benzene rings is 1. The van der Waals surface area contributed by atoms with Gasteiger partial charge in [0.2, 0.25) is 0 Å². The Bertz CT molecular complexity index is 323. The highest BCUT2D eigenvalue weighted by Crippen LogP contribution is 2.18. The van der Waals surface area contributed by atoms with Crippen molar-refractivity contribution in [3.8, 4) is 5.75 Å². The summed E-state index contributed by atoms with van der Waals surface area (Å²) in [5.41, 5.74) is 0.852. The van der Waals surface area contributed by atoms with Crippen molar-refractivity contribution in [3.63, 3.8) is 0 Å². The van der Waals surface area contributed by atoms with Crippen LogP contribution in [-0.2, 0) is 6.54 Å². The Hall–Kier alpha value is -1.06. The summed E-state index contributed by atoms with van der Waals surface area (Å²) in [7, 11) is 0. The van der Waals surface area contributed by atoms with E-state index in [-0.39, 0.29) is 12.1 Å². The van der Waals surface area contributed by atoms with E-state index in [1.165, 1.54) is 0 Å². The summed E-state index contributed by atoms with van der Waals surface area (Å²) in [6.07, 6.45) is 0. The first-order valence-corrected chi connectivity index (χ1v) is 5.65. The molecule has 0 atom stereocenters. The number of aliphatic hydroxyl groups excluding tert-OH is 1. The Morgan fingerprint density at radius 1 is 1.31 bits per heavy atom. The molecule has 0 saturated heterocycles. The van der Waals surface area contributed by atoms with E-state index in [9.17, 15) is 0 Å². The van der Waals surface area contributed by atoms with E-state index in [2.05, 4.69) is 5.32 Å². The van der Waals surface area contributed by atoms with Crippen LogP contribution in [0.1, 0.15) is 26.3 Å².